The van der Waals surface area contributed by atoms with E-state index in [-0.39, 0.29) is 24.1 Å². The number of carbonyl (C=O) groups excluding carboxylic acids is 1. The SMILES string of the molecule is CN(Cc1ccccc1F)C(=O)C=Cc1ccc(F)cc1. The van der Waals surface area contributed by atoms with Gasteiger partial charge in [-0.2, -0.15) is 0 Å². The quantitative estimate of drug-likeness (QED) is 0.786. The predicted octanol–water partition coefficient (Wildman–Crippen LogP) is 3.64. The summed E-state index contributed by atoms with van der Waals surface area (Å²) >= 11 is 0. The van der Waals surface area contributed by atoms with Crippen molar-refractivity contribution in [3.05, 3.63) is 77.4 Å². The van der Waals surface area contributed by atoms with Crippen LogP contribution >= 0.6 is 0 Å². The number of benzene rings is 2. The summed E-state index contributed by atoms with van der Waals surface area (Å²) in [6, 6.07) is 12.2. The number of rotatable bonds is 4. The van der Waals surface area contributed by atoms with Crippen LogP contribution < -0.4 is 0 Å². The molecule has 4 heteroatoms. The summed E-state index contributed by atoms with van der Waals surface area (Å²) in [5, 5.41) is 0. The molecule has 0 bridgehead atoms. The van der Waals surface area contributed by atoms with Crippen LogP contribution in [0.4, 0.5) is 8.78 Å². The average molecular weight is 287 g/mol. The van der Waals surface area contributed by atoms with Crippen molar-refractivity contribution in [3.8, 4) is 0 Å². The molecular weight excluding hydrogens is 272 g/mol. The molecule has 0 saturated heterocycles. The molecule has 0 fully saturated rings. The van der Waals surface area contributed by atoms with E-state index in [4.69, 9.17) is 0 Å². The first-order chi connectivity index (χ1) is 10.1. The largest absolute Gasteiger partial charge is 0.338 e. The number of likely N-dealkylation sites (N-methyl/N-ethyl adjacent to an activating group) is 1. The summed E-state index contributed by atoms with van der Waals surface area (Å²) in [6.07, 6.45) is 2.98. The van der Waals surface area contributed by atoms with Gasteiger partial charge in [-0.15, -0.1) is 0 Å². The van der Waals surface area contributed by atoms with E-state index in [9.17, 15) is 13.6 Å². The van der Waals surface area contributed by atoms with Gasteiger partial charge in [0.05, 0.1) is 0 Å². The van der Waals surface area contributed by atoms with Crippen LogP contribution in [0.25, 0.3) is 6.08 Å². The Hall–Kier alpha value is -2.49. The van der Waals surface area contributed by atoms with Gasteiger partial charge in [0.2, 0.25) is 5.91 Å². The molecule has 2 rings (SSSR count). The van der Waals surface area contributed by atoms with Crippen LogP contribution in [0.15, 0.2) is 54.6 Å². The number of carbonyl (C=O) groups is 1. The van der Waals surface area contributed by atoms with Crippen LogP contribution in [0.5, 0.6) is 0 Å². The number of nitrogens with zero attached hydrogens (tertiary/aromatic N) is 1. The van der Waals surface area contributed by atoms with Gasteiger partial charge in [-0.05, 0) is 29.8 Å². The fourth-order valence-electron chi connectivity index (χ4n) is 1.83. The van der Waals surface area contributed by atoms with E-state index in [2.05, 4.69) is 0 Å². The van der Waals surface area contributed by atoms with E-state index in [1.165, 1.54) is 29.2 Å². The number of halogens is 2. The number of hydrogen-bond donors (Lipinski definition) is 0. The zero-order valence-corrected chi connectivity index (χ0v) is 11.6. The third-order valence-electron chi connectivity index (χ3n) is 3.03. The standard InChI is InChI=1S/C17H15F2NO/c1-20(12-14-4-2-3-5-16(14)19)17(21)11-8-13-6-9-15(18)10-7-13/h2-11H,12H2,1H3. The molecule has 0 spiro atoms. The van der Waals surface area contributed by atoms with E-state index in [0.717, 1.165) is 5.56 Å². The van der Waals surface area contributed by atoms with Crippen LogP contribution in [0.1, 0.15) is 11.1 Å². The van der Waals surface area contributed by atoms with Gasteiger partial charge in [0.15, 0.2) is 0 Å². The van der Waals surface area contributed by atoms with Gasteiger partial charge in [0.25, 0.3) is 0 Å². The fourth-order valence-corrected chi connectivity index (χ4v) is 1.83. The summed E-state index contributed by atoms with van der Waals surface area (Å²) in [5.74, 6) is -0.905. The minimum absolute atomic E-state index is 0.194. The fraction of sp³-hybridized carbons (Fsp3) is 0.118. The maximum atomic E-state index is 13.5. The van der Waals surface area contributed by atoms with Crippen molar-refractivity contribution in [2.45, 2.75) is 6.54 Å². The summed E-state index contributed by atoms with van der Waals surface area (Å²) < 4.78 is 26.3. The maximum Gasteiger partial charge on any atom is 0.246 e. The van der Waals surface area contributed by atoms with Crippen molar-refractivity contribution in [1.29, 1.82) is 0 Å². The highest BCUT2D eigenvalue weighted by atomic mass is 19.1. The first kappa shape index (κ1) is 14.9. The molecule has 2 nitrogen and oxygen atoms in total. The molecule has 0 aliphatic heterocycles. The lowest BCUT2D eigenvalue weighted by atomic mass is 10.2. The second-order valence-electron chi connectivity index (χ2n) is 4.67. The topological polar surface area (TPSA) is 20.3 Å². The molecule has 0 radical (unpaired) electrons. The molecule has 0 atom stereocenters. The van der Waals surface area contributed by atoms with Crippen LogP contribution in [0, 0.1) is 11.6 Å². The van der Waals surface area contributed by atoms with E-state index in [1.807, 2.05) is 0 Å². The van der Waals surface area contributed by atoms with E-state index < -0.39 is 0 Å². The molecule has 0 aliphatic rings. The van der Waals surface area contributed by atoms with Gasteiger partial charge in [0.1, 0.15) is 11.6 Å². The Kier molecular flexibility index (Phi) is 4.82. The van der Waals surface area contributed by atoms with E-state index in [0.29, 0.717) is 5.56 Å². The molecule has 0 heterocycles. The Balaban J connectivity index is 1.99. The minimum Gasteiger partial charge on any atom is -0.338 e. The second kappa shape index (κ2) is 6.79. The van der Waals surface area contributed by atoms with Crippen LogP contribution in [-0.2, 0) is 11.3 Å². The smallest absolute Gasteiger partial charge is 0.246 e. The Bertz CT molecular complexity index is 650. The lowest BCUT2D eigenvalue weighted by Crippen LogP contribution is -2.24. The van der Waals surface area contributed by atoms with Crippen molar-refractivity contribution >= 4 is 12.0 Å². The van der Waals surface area contributed by atoms with Gasteiger partial charge in [-0.1, -0.05) is 30.3 Å². The molecule has 0 unspecified atom stereocenters. The molecule has 108 valence electrons. The molecule has 0 N–H and O–H groups in total. The second-order valence-corrected chi connectivity index (χ2v) is 4.67. The van der Waals surface area contributed by atoms with Crippen LogP contribution in [0.3, 0.4) is 0 Å². The summed E-state index contributed by atoms with van der Waals surface area (Å²) in [6.45, 7) is 0.194. The molecule has 0 saturated carbocycles. The third-order valence-corrected chi connectivity index (χ3v) is 3.03. The molecule has 2 aromatic rings. The third kappa shape index (κ3) is 4.24. The van der Waals surface area contributed by atoms with Crippen molar-refractivity contribution in [3.63, 3.8) is 0 Å². The van der Waals surface area contributed by atoms with Gasteiger partial charge >= 0.3 is 0 Å². The van der Waals surface area contributed by atoms with E-state index >= 15 is 0 Å². The zero-order chi connectivity index (χ0) is 15.2. The van der Waals surface area contributed by atoms with Crippen LogP contribution in [0.2, 0.25) is 0 Å². The van der Waals surface area contributed by atoms with Gasteiger partial charge in [-0.3, -0.25) is 4.79 Å². The summed E-state index contributed by atoms with van der Waals surface area (Å²) in [7, 11) is 1.60. The highest BCUT2D eigenvalue weighted by molar-refractivity contribution is 5.91. The monoisotopic (exact) mass is 287 g/mol. The Morgan fingerprint density at radius 3 is 2.43 bits per heavy atom. The van der Waals surface area contributed by atoms with Crippen molar-refractivity contribution in [1.82, 2.24) is 4.90 Å². The Morgan fingerprint density at radius 1 is 1.10 bits per heavy atom. The van der Waals surface area contributed by atoms with Gasteiger partial charge in [0, 0.05) is 25.2 Å². The van der Waals surface area contributed by atoms with Crippen molar-refractivity contribution in [2.75, 3.05) is 7.05 Å². The van der Waals surface area contributed by atoms with Crippen molar-refractivity contribution in [2.24, 2.45) is 0 Å². The summed E-state index contributed by atoms with van der Waals surface area (Å²) in [4.78, 5) is 13.4. The molecule has 0 aliphatic carbocycles. The lowest BCUT2D eigenvalue weighted by molar-refractivity contribution is -0.125. The predicted molar refractivity (Wildman–Crippen MR) is 78.3 cm³/mol. The zero-order valence-electron chi connectivity index (χ0n) is 11.6. The molecular formula is C17H15F2NO. The molecule has 21 heavy (non-hydrogen) atoms. The Labute approximate surface area is 122 Å². The van der Waals surface area contributed by atoms with Gasteiger partial charge < -0.3 is 4.90 Å². The Morgan fingerprint density at radius 2 is 1.76 bits per heavy atom. The van der Waals surface area contributed by atoms with Crippen molar-refractivity contribution < 1.29 is 13.6 Å². The molecule has 0 aromatic heterocycles. The first-order valence-corrected chi connectivity index (χ1v) is 6.48. The first-order valence-electron chi connectivity index (χ1n) is 6.48. The number of amides is 1. The molecule has 2 aromatic carbocycles. The highest BCUT2D eigenvalue weighted by Crippen LogP contribution is 2.10. The van der Waals surface area contributed by atoms with Crippen LogP contribution in [-0.4, -0.2) is 17.9 Å². The number of hydrogen-bond acceptors (Lipinski definition) is 1. The summed E-state index contributed by atoms with van der Waals surface area (Å²) in [5.41, 5.74) is 1.19. The molecule has 1 amide bonds. The van der Waals surface area contributed by atoms with E-state index in [1.54, 1.807) is 43.5 Å². The maximum absolute atomic E-state index is 13.5. The normalized spacial score (nSPS) is 10.8. The van der Waals surface area contributed by atoms with Gasteiger partial charge in [-0.25, -0.2) is 8.78 Å². The lowest BCUT2D eigenvalue weighted by Gasteiger charge is -2.15. The highest BCUT2D eigenvalue weighted by Gasteiger charge is 2.08. The average Bonchev–Trinajstić information content (AvgIpc) is 2.48. The minimum atomic E-state index is -0.334.